The maximum absolute atomic E-state index is 13.0. The van der Waals surface area contributed by atoms with Crippen LogP contribution in [0.4, 0.5) is 4.39 Å². The highest BCUT2D eigenvalue weighted by Crippen LogP contribution is 2.29. The molecule has 0 aliphatic carbocycles. The Hall–Kier alpha value is -1.03. The second kappa shape index (κ2) is 7.67. The summed E-state index contributed by atoms with van der Waals surface area (Å²) >= 11 is 1.66. The molecule has 0 radical (unpaired) electrons. The van der Waals surface area contributed by atoms with Crippen LogP contribution in [0.1, 0.15) is 45.2 Å². The maximum atomic E-state index is 13.0. The van der Waals surface area contributed by atoms with Crippen LogP contribution in [0.25, 0.3) is 0 Å². The van der Waals surface area contributed by atoms with Crippen LogP contribution in [0.2, 0.25) is 0 Å². The molecule has 0 fully saturated rings. The van der Waals surface area contributed by atoms with Gasteiger partial charge in [0, 0.05) is 12.2 Å². The van der Waals surface area contributed by atoms with Gasteiger partial charge in [0.2, 0.25) is 5.91 Å². The number of hydrogen-bond donors (Lipinski definition) is 1. The van der Waals surface area contributed by atoms with Crippen molar-refractivity contribution >= 4 is 17.7 Å². The Morgan fingerprint density at radius 3 is 2.40 bits per heavy atom. The fourth-order valence-corrected chi connectivity index (χ4v) is 2.41. The maximum Gasteiger partial charge on any atom is 0.221 e. The molecule has 1 aromatic carbocycles. The van der Waals surface area contributed by atoms with Crippen LogP contribution in [0, 0.1) is 11.2 Å². The van der Waals surface area contributed by atoms with Crippen LogP contribution < -0.4 is 5.32 Å². The Labute approximate surface area is 125 Å². The summed E-state index contributed by atoms with van der Waals surface area (Å²) in [5.74, 6) is 0.618. The zero-order chi connectivity index (χ0) is 15.2. The largest absolute Gasteiger partial charge is 0.349 e. The fourth-order valence-electron chi connectivity index (χ4n) is 2.02. The molecule has 0 aromatic heterocycles. The third kappa shape index (κ3) is 6.42. The molecule has 0 bridgehead atoms. The number of carbonyl (C=O) groups excluding carboxylic acids is 1. The van der Waals surface area contributed by atoms with E-state index in [0.717, 1.165) is 17.7 Å². The lowest BCUT2D eigenvalue weighted by atomic mass is 9.85. The van der Waals surface area contributed by atoms with Gasteiger partial charge in [-0.2, -0.15) is 11.8 Å². The number of nitrogens with one attached hydrogen (secondary N) is 1. The number of carbonyl (C=O) groups is 1. The van der Waals surface area contributed by atoms with E-state index >= 15 is 0 Å². The van der Waals surface area contributed by atoms with Crippen molar-refractivity contribution in [2.45, 2.75) is 39.7 Å². The van der Waals surface area contributed by atoms with Gasteiger partial charge in [-0.15, -0.1) is 0 Å². The molecule has 112 valence electrons. The first kappa shape index (κ1) is 17.0. The van der Waals surface area contributed by atoms with Crippen LogP contribution in [0.15, 0.2) is 24.3 Å². The van der Waals surface area contributed by atoms with Crippen molar-refractivity contribution in [1.82, 2.24) is 5.32 Å². The highest BCUT2D eigenvalue weighted by atomic mass is 32.2. The molecule has 1 amide bonds. The van der Waals surface area contributed by atoms with E-state index in [4.69, 9.17) is 0 Å². The number of hydrogen-bond acceptors (Lipinski definition) is 2. The molecule has 0 aliphatic rings. The molecule has 1 aromatic rings. The molecule has 1 N–H and O–H groups in total. The molecule has 1 rings (SSSR count). The predicted octanol–water partition coefficient (Wildman–Crippen LogP) is 4.17. The minimum absolute atomic E-state index is 0.0536. The average molecular weight is 297 g/mol. The molecule has 0 aliphatic heterocycles. The second-order valence-electron chi connectivity index (χ2n) is 6.18. The molecule has 0 heterocycles. The van der Waals surface area contributed by atoms with Gasteiger partial charge in [0.1, 0.15) is 5.82 Å². The minimum Gasteiger partial charge on any atom is -0.349 e. The summed E-state index contributed by atoms with van der Waals surface area (Å²) in [7, 11) is 0. The van der Waals surface area contributed by atoms with Crippen LogP contribution in [-0.2, 0) is 4.79 Å². The van der Waals surface area contributed by atoms with E-state index < -0.39 is 0 Å². The Bertz CT molecular complexity index is 425. The summed E-state index contributed by atoms with van der Waals surface area (Å²) in [6.45, 7) is 6.41. The molecule has 20 heavy (non-hydrogen) atoms. The summed E-state index contributed by atoms with van der Waals surface area (Å²) < 4.78 is 13.0. The number of amides is 1. The number of thioether (sulfide) groups is 1. The predicted molar refractivity (Wildman–Crippen MR) is 84.4 cm³/mol. The van der Waals surface area contributed by atoms with Crippen LogP contribution in [0.3, 0.4) is 0 Å². The third-order valence-electron chi connectivity index (χ3n) is 2.96. The van der Waals surface area contributed by atoms with E-state index in [0.29, 0.717) is 6.42 Å². The van der Waals surface area contributed by atoms with Crippen molar-refractivity contribution in [3.05, 3.63) is 35.6 Å². The lowest BCUT2D eigenvalue weighted by molar-refractivity contribution is -0.121. The minimum atomic E-state index is -0.253. The Morgan fingerprint density at radius 1 is 1.30 bits per heavy atom. The lowest BCUT2D eigenvalue weighted by Crippen LogP contribution is -2.31. The number of halogens is 1. The van der Waals surface area contributed by atoms with Crippen molar-refractivity contribution in [2.24, 2.45) is 5.41 Å². The normalized spacial score (nSPS) is 13.1. The fraction of sp³-hybridized carbons (Fsp3) is 0.562. The third-order valence-corrected chi connectivity index (χ3v) is 3.57. The van der Waals surface area contributed by atoms with Crippen LogP contribution in [-0.4, -0.2) is 17.9 Å². The summed E-state index contributed by atoms with van der Waals surface area (Å²) in [5.41, 5.74) is 1.05. The van der Waals surface area contributed by atoms with E-state index in [1.807, 2.05) is 6.26 Å². The SMILES string of the molecule is CSCCC(=O)N[C@H](CC(C)(C)C)c1ccc(F)cc1. The van der Waals surface area contributed by atoms with Gasteiger partial charge in [-0.25, -0.2) is 4.39 Å². The average Bonchev–Trinajstić information content (AvgIpc) is 2.35. The molecular weight excluding hydrogens is 273 g/mol. The number of benzene rings is 1. The molecule has 0 unspecified atom stereocenters. The van der Waals surface area contributed by atoms with E-state index in [2.05, 4.69) is 26.1 Å². The zero-order valence-corrected chi connectivity index (χ0v) is 13.5. The van der Waals surface area contributed by atoms with E-state index in [1.165, 1.54) is 12.1 Å². The van der Waals surface area contributed by atoms with Gasteiger partial charge in [0.25, 0.3) is 0 Å². The highest BCUT2D eigenvalue weighted by molar-refractivity contribution is 7.98. The van der Waals surface area contributed by atoms with Crippen molar-refractivity contribution in [3.63, 3.8) is 0 Å². The highest BCUT2D eigenvalue weighted by Gasteiger charge is 2.21. The van der Waals surface area contributed by atoms with Gasteiger partial charge >= 0.3 is 0 Å². The summed E-state index contributed by atoms with van der Waals surface area (Å²) in [5, 5.41) is 3.07. The smallest absolute Gasteiger partial charge is 0.221 e. The first-order chi connectivity index (χ1) is 9.31. The van der Waals surface area contributed by atoms with Crippen molar-refractivity contribution < 1.29 is 9.18 Å². The van der Waals surface area contributed by atoms with Gasteiger partial charge in [-0.3, -0.25) is 4.79 Å². The Kier molecular flexibility index (Phi) is 6.53. The van der Waals surface area contributed by atoms with Gasteiger partial charge in [0.05, 0.1) is 6.04 Å². The quantitative estimate of drug-likeness (QED) is 0.853. The summed E-state index contributed by atoms with van der Waals surface area (Å²) in [6, 6.07) is 6.32. The first-order valence-electron chi connectivity index (χ1n) is 6.85. The zero-order valence-electron chi connectivity index (χ0n) is 12.7. The molecular formula is C16H24FNOS. The standard InChI is InChI=1S/C16H24FNOS/c1-16(2,3)11-14(18-15(19)9-10-20-4)12-5-7-13(17)8-6-12/h5-8,14H,9-11H2,1-4H3,(H,18,19)/t14-/m1/s1. The van der Waals surface area contributed by atoms with Gasteiger partial charge < -0.3 is 5.32 Å². The van der Waals surface area contributed by atoms with E-state index in [9.17, 15) is 9.18 Å². The molecule has 2 nitrogen and oxygen atoms in total. The van der Waals surface area contributed by atoms with Gasteiger partial charge in [-0.05, 0) is 35.8 Å². The molecule has 0 saturated carbocycles. The Balaban J connectivity index is 2.80. The molecule has 0 saturated heterocycles. The molecule has 0 spiro atoms. The number of rotatable bonds is 6. The van der Waals surface area contributed by atoms with E-state index in [-0.39, 0.29) is 23.2 Å². The molecule has 4 heteroatoms. The summed E-state index contributed by atoms with van der Waals surface area (Å²) in [6.07, 6.45) is 3.33. The van der Waals surface area contributed by atoms with Crippen LogP contribution in [0.5, 0.6) is 0 Å². The Morgan fingerprint density at radius 2 is 1.90 bits per heavy atom. The van der Waals surface area contributed by atoms with Crippen molar-refractivity contribution in [2.75, 3.05) is 12.0 Å². The monoisotopic (exact) mass is 297 g/mol. The molecule has 1 atom stereocenters. The van der Waals surface area contributed by atoms with Crippen molar-refractivity contribution in [1.29, 1.82) is 0 Å². The second-order valence-corrected chi connectivity index (χ2v) is 7.16. The summed E-state index contributed by atoms with van der Waals surface area (Å²) in [4.78, 5) is 11.9. The van der Waals surface area contributed by atoms with Crippen molar-refractivity contribution in [3.8, 4) is 0 Å². The first-order valence-corrected chi connectivity index (χ1v) is 8.25. The van der Waals surface area contributed by atoms with Gasteiger partial charge in [-0.1, -0.05) is 32.9 Å². The lowest BCUT2D eigenvalue weighted by Gasteiger charge is -2.27. The van der Waals surface area contributed by atoms with E-state index in [1.54, 1.807) is 23.9 Å². The topological polar surface area (TPSA) is 29.1 Å². The van der Waals surface area contributed by atoms with Crippen LogP contribution >= 0.6 is 11.8 Å². The van der Waals surface area contributed by atoms with Gasteiger partial charge in [0.15, 0.2) is 0 Å².